The molecule has 8 heteroatoms. The molecule has 6 nitrogen and oxygen atoms in total. The fourth-order valence-electron chi connectivity index (χ4n) is 1.14. The first-order valence-electron chi connectivity index (χ1n) is 5.34. The third-order valence-corrected chi connectivity index (χ3v) is 4.13. The quantitative estimate of drug-likeness (QED) is 0.381. The van der Waals surface area contributed by atoms with Gasteiger partial charge in [-0.25, -0.2) is 4.68 Å². The number of methoxy groups -OCH3 is 2. The molecule has 0 unspecified atom stereocenters. The average Bonchev–Trinajstić information content (AvgIpc) is 2.79. The van der Waals surface area contributed by atoms with E-state index in [1.807, 2.05) is 11.8 Å². The van der Waals surface area contributed by atoms with Gasteiger partial charge in [-0.05, 0) is 16.2 Å². The summed E-state index contributed by atoms with van der Waals surface area (Å²) in [6, 6.07) is 0. The SMILES string of the molecule is CCSCCSc1nnnn1CC(OC)OC. The monoisotopic (exact) mass is 278 g/mol. The Morgan fingerprint density at radius 1 is 1.29 bits per heavy atom. The minimum atomic E-state index is -0.317. The molecule has 0 aliphatic heterocycles. The van der Waals surface area contributed by atoms with Crippen LogP contribution in [0.4, 0.5) is 0 Å². The van der Waals surface area contributed by atoms with Crippen LogP contribution < -0.4 is 0 Å². The van der Waals surface area contributed by atoms with E-state index in [1.165, 1.54) is 0 Å². The summed E-state index contributed by atoms with van der Waals surface area (Å²) in [6.45, 7) is 2.66. The second-order valence-corrected chi connectivity index (χ2v) is 5.55. The number of tetrazole rings is 1. The zero-order valence-electron chi connectivity index (χ0n) is 10.3. The van der Waals surface area contributed by atoms with E-state index in [1.54, 1.807) is 30.7 Å². The average molecular weight is 278 g/mol. The van der Waals surface area contributed by atoms with Crippen LogP contribution in [0.5, 0.6) is 0 Å². The van der Waals surface area contributed by atoms with Crippen LogP contribution in [0.15, 0.2) is 5.16 Å². The van der Waals surface area contributed by atoms with Crippen molar-refractivity contribution in [3.8, 4) is 0 Å². The van der Waals surface area contributed by atoms with E-state index in [2.05, 4.69) is 22.4 Å². The summed E-state index contributed by atoms with van der Waals surface area (Å²) in [5.41, 5.74) is 0. The molecule has 0 spiro atoms. The van der Waals surface area contributed by atoms with Gasteiger partial charge < -0.3 is 9.47 Å². The van der Waals surface area contributed by atoms with E-state index in [0.717, 1.165) is 22.4 Å². The molecule has 1 aromatic heterocycles. The highest BCUT2D eigenvalue weighted by molar-refractivity contribution is 8.02. The van der Waals surface area contributed by atoms with Crippen molar-refractivity contribution in [2.45, 2.75) is 24.9 Å². The lowest BCUT2D eigenvalue weighted by Gasteiger charge is -2.13. The van der Waals surface area contributed by atoms with E-state index < -0.39 is 0 Å². The Hall–Kier alpha value is -0.310. The summed E-state index contributed by atoms with van der Waals surface area (Å²) < 4.78 is 11.9. The number of thioether (sulfide) groups is 2. The van der Waals surface area contributed by atoms with E-state index in [9.17, 15) is 0 Å². The predicted octanol–water partition coefficient (Wildman–Crippen LogP) is 1.14. The number of aromatic nitrogens is 4. The van der Waals surface area contributed by atoms with Crippen LogP contribution in [0.3, 0.4) is 0 Å². The molecular weight excluding hydrogens is 260 g/mol. The maximum Gasteiger partial charge on any atom is 0.209 e. The fraction of sp³-hybridized carbons (Fsp3) is 0.889. The van der Waals surface area contributed by atoms with Crippen LogP contribution in [-0.2, 0) is 16.0 Å². The van der Waals surface area contributed by atoms with Crippen molar-refractivity contribution in [3.63, 3.8) is 0 Å². The van der Waals surface area contributed by atoms with Gasteiger partial charge in [0.25, 0.3) is 0 Å². The molecule has 0 saturated heterocycles. The number of rotatable bonds is 9. The number of hydrogen-bond acceptors (Lipinski definition) is 7. The van der Waals surface area contributed by atoms with E-state index in [-0.39, 0.29) is 6.29 Å². The molecule has 0 aliphatic carbocycles. The molecule has 1 aromatic rings. The maximum atomic E-state index is 5.12. The van der Waals surface area contributed by atoms with E-state index >= 15 is 0 Å². The van der Waals surface area contributed by atoms with Crippen molar-refractivity contribution in [2.75, 3.05) is 31.5 Å². The Morgan fingerprint density at radius 2 is 2.06 bits per heavy atom. The van der Waals surface area contributed by atoms with Gasteiger partial charge in [-0.1, -0.05) is 18.7 Å². The topological polar surface area (TPSA) is 62.1 Å². The van der Waals surface area contributed by atoms with Crippen LogP contribution in [0, 0.1) is 0 Å². The second-order valence-electron chi connectivity index (χ2n) is 3.09. The Labute approximate surface area is 110 Å². The molecule has 0 radical (unpaired) electrons. The van der Waals surface area contributed by atoms with Gasteiger partial charge >= 0.3 is 0 Å². The lowest BCUT2D eigenvalue weighted by Crippen LogP contribution is -2.22. The van der Waals surface area contributed by atoms with Crippen LogP contribution in [0.2, 0.25) is 0 Å². The van der Waals surface area contributed by atoms with Gasteiger partial charge in [0.15, 0.2) is 6.29 Å². The van der Waals surface area contributed by atoms with Crippen molar-refractivity contribution < 1.29 is 9.47 Å². The Balaban J connectivity index is 2.42. The number of hydrogen-bond donors (Lipinski definition) is 0. The molecule has 0 saturated carbocycles. The summed E-state index contributed by atoms with van der Waals surface area (Å²) in [6.07, 6.45) is -0.317. The standard InChI is InChI=1S/C9H18N4O2S2/c1-4-16-5-6-17-9-10-11-12-13(9)7-8(14-2)15-3/h8H,4-7H2,1-3H3. The van der Waals surface area contributed by atoms with Gasteiger partial charge in [0.05, 0.1) is 6.54 Å². The van der Waals surface area contributed by atoms with Gasteiger partial charge in [-0.15, -0.1) is 5.10 Å². The van der Waals surface area contributed by atoms with Gasteiger partial charge in [-0.2, -0.15) is 11.8 Å². The predicted molar refractivity (Wildman–Crippen MR) is 69.3 cm³/mol. The van der Waals surface area contributed by atoms with E-state index in [4.69, 9.17) is 9.47 Å². The first kappa shape index (κ1) is 14.7. The lowest BCUT2D eigenvalue weighted by molar-refractivity contribution is -0.113. The first-order chi connectivity index (χ1) is 8.31. The van der Waals surface area contributed by atoms with Crippen molar-refractivity contribution in [1.29, 1.82) is 0 Å². The third kappa shape index (κ3) is 5.24. The summed E-state index contributed by atoms with van der Waals surface area (Å²) in [5.74, 6) is 3.25. The van der Waals surface area contributed by atoms with Gasteiger partial charge in [0.2, 0.25) is 5.16 Å². The molecule has 0 amide bonds. The van der Waals surface area contributed by atoms with Crippen LogP contribution >= 0.6 is 23.5 Å². The molecular formula is C9H18N4O2S2. The Kier molecular flexibility index (Phi) is 7.58. The molecule has 1 heterocycles. The normalized spacial score (nSPS) is 11.3. The minimum absolute atomic E-state index is 0.317. The van der Waals surface area contributed by atoms with Gasteiger partial charge in [-0.3, -0.25) is 0 Å². The lowest BCUT2D eigenvalue weighted by atomic mass is 10.6. The van der Waals surface area contributed by atoms with Gasteiger partial charge in [0, 0.05) is 25.7 Å². The Morgan fingerprint density at radius 3 is 2.71 bits per heavy atom. The molecule has 0 aromatic carbocycles. The molecule has 1 rings (SSSR count). The van der Waals surface area contributed by atoms with Crippen LogP contribution in [0.1, 0.15) is 6.92 Å². The largest absolute Gasteiger partial charge is 0.354 e. The second kappa shape index (κ2) is 8.73. The van der Waals surface area contributed by atoms with Crippen molar-refractivity contribution in [2.24, 2.45) is 0 Å². The first-order valence-corrected chi connectivity index (χ1v) is 7.48. The molecule has 0 bridgehead atoms. The third-order valence-electron chi connectivity index (χ3n) is 2.01. The molecule has 0 atom stereocenters. The Bertz CT molecular complexity index is 307. The zero-order valence-corrected chi connectivity index (χ0v) is 12.0. The van der Waals surface area contributed by atoms with Gasteiger partial charge in [0.1, 0.15) is 0 Å². The molecule has 0 N–H and O–H groups in total. The molecule has 17 heavy (non-hydrogen) atoms. The summed E-state index contributed by atoms with van der Waals surface area (Å²) in [4.78, 5) is 0. The number of nitrogens with zero attached hydrogens (tertiary/aromatic N) is 4. The highest BCUT2D eigenvalue weighted by Crippen LogP contribution is 2.16. The highest BCUT2D eigenvalue weighted by Gasteiger charge is 2.12. The van der Waals surface area contributed by atoms with Crippen LogP contribution in [-0.4, -0.2) is 58.0 Å². The summed E-state index contributed by atoms with van der Waals surface area (Å²) in [7, 11) is 3.20. The van der Waals surface area contributed by atoms with Crippen molar-refractivity contribution in [3.05, 3.63) is 0 Å². The molecule has 0 fully saturated rings. The smallest absolute Gasteiger partial charge is 0.209 e. The highest BCUT2D eigenvalue weighted by atomic mass is 32.2. The zero-order chi connectivity index (χ0) is 12.5. The molecule has 98 valence electrons. The summed E-state index contributed by atoms with van der Waals surface area (Å²) >= 11 is 3.56. The fourth-order valence-corrected chi connectivity index (χ4v) is 2.77. The van der Waals surface area contributed by atoms with Crippen molar-refractivity contribution >= 4 is 23.5 Å². The van der Waals surface area contributed by atoms with Crippen LogP contribution in [0.25, 0.3) is 0 Å². The number of ether oxygens (including phenoxy) is 2. The minimum Gasteiger partial charge on any atom is -0.354 e. The van der Waals surface area contributed by atoms with E-state index in [0.29, 0.717) is 6.54 Å². The molecule has 0 aliphatic rings. The van der Waals surface area contributed by atoms with Crippen molar-refractivity contribution in [1.82, 2.24) is 20.2 Å². The maximum absolute atomic E-state index is 5.12. The summed E-state index contributed by atoms with van der Waals surface area (Å²) in [5, 5.41) is 12.4.